The van der Waals surface area contributed by atoms with Crippen molar-refractivity contribution in [3.8, 4) is 0 Å². The summed E-state index contributed by atoms with van der Waals surface area (Å²) in [6.45, 7) is 7.20. The molecule has 0 bridgehead atoms. The van der Waals surface area contributed by atoms with E-state index in [1.807, 2.05) is 6.08 Å². The maximum atomic E-state index is 6.07. The van der Waals surface area contributed by atoms with Crippen molar-refractivity contribution in [3.05, 3.63) is 23.7 Å². The van der Waals surface area contributed by atoms with Crippen LogP contribution in [0, 0.1) is 0 Å². The molecule has 2 aliphatic rings. The van der Waals surface area contributed by atoms with Gasteiger partial charge in [0, 0.05) is 25.3 Å². The van der Waals surface area contributed by atoms with Crippen molar-refractivity contribution in [1.82, 2.24) is 9.80 Å². The predicted octanol–water partition coefficient (Wildman–Crippen LogP) is 1.12. The Balaban J connectivity index is 1.94. The highest BCUT2D eigenvalue weighted by Gasteiger charge is 2.23. The number of rotatable bonds is 3. The summed E-state index contributed by atoms with van der Waals surface area (Å²) in [6, 6.07) is 0.476. The first-order chi connectivity index (χ1) is 8.06. The number of nitrogens with zero attached hydrogens (tertiary/aromatic N) is 2. The van der Waals surface area contributed by atoms with E-state index in [4.69, 9.17) is 10.5 Å². The zero-order valence-corrected chi connectivity index (χ0v) is 11.0. The fraction of sp³-hybridized carbons (Fsp3) is 0.692. The fourth-order valence-electron chi connectivity index (χ4n) is 2.24. The van der Waals surface area contributed by atoms with Gasteiger partial charge in [0.15, 0.2) is 0 Å². The maximum absolute atomic E-state index is 6.07. The Labute approximate surface area is 104 Å². The molecule has 1 fully saturated rings. The molecule has 0 radical (unpaired) electrons. The second-order valence-electron chi connectivity index (χ2n) is 5.26. The molecule has 0 unspecified atom stereocenters. The molecule has 0 saturated carbocycles. The van der Waals surface area contributed by atoms with Crippen molar-refractivity contribution in [2.45, 2.75) is 32.4 Å². The summed E-state index contributed by atoms with van der Waals surface area (Å²) < 4.78 is 5.96. The van der Waals surface area contributed by atoms with Gasteiger partial charge in [-0.1, -0.05) is 0 Å². The highest BCUT2D eigenvalue weighted by molar-refractivity contribution is 5.24. The fourth-order valence-corrected chi connectivity index (χ4v) is 2.24. The van der Waals surface area contributed by atoms with Gasteiger partial charge >= 0.3 is 0 Å². The molecule has 2 N–H and O–H groups in total. The number of ether oxygens (including phenoxy) is 1. The second kappa shape index (κ2) is 5.00. The maximum Gasteiger partial charge on any atom is 0.141 e. The minimum Gasteiger partial charge on any atom is -0.487 e. The molecule has 0 amide bonds. The molecule has 0 aliphatic carbocycles. The Bertz CT molecular complexity index is 336. The Morgan fingerprint density at radius 2 is 2.24 bits per heavy atom. The van der Waals surface area contributed by atoms with Gasteiger partial charge in [-0.15, -0.1) is 0 Å². The van der Waals surface area contributed by atoms with E-state index < -0.39 is 0 Å². The number of allylic oxidation sites excluding steroid dienone is 1. The zero-order valence-electron chi connectivity index (χ0n) is 11.0. The van der Waals surface area contributed by atoms with Crippen molar-refractivity contribution >= 4 is 0 Å². The third-order valence-corrected chi connectivity index (χ3v) is 3.39. The second-order valence-corrected chi connectivity index (χ2v) is 5.26. The zero-order chi connectivity index (χ0) is 12.4. The number of likely N-dealkylation sites (tertiary alicyclic amines) is 1. The molecule has 4 nitrogen and oxygen atoms in total. The first-order valence-electron chi connectivity index (χ1n) is 6.34. The minimum atomic E-state index is 0.295. The summed E-state index contributed by atoms with van der Waals surface area (Å²) in [5.74, 6) is 0.863. The predicted molar refractivity (Wildman–Crippen MR) is 69.2 cm³/mol. The summed E-state index contributed by atoms with van der Waals surface area (Å²) in [4.78, 5) is 4.50. The SMILES string of the molecule is CC(C)N1C=CC(O[C@@H]2CCN(C)C2)=C(N)C1. The molecule has 0 aromatic rings. The van der Waals surface area contributed by atoms with E-state index in [0.29, 0.717) is 12.1 Å². The summed E-state index contributed by atoms with van der Waals surface area (Å²) in [5, 5.41) is 0. The van der Waals surface area contributed by atoms with Crippen LogP contribution < -0.4 is 5.73 Å². The smallest absolute Gasteiger partial charge is 0.141 e. The molecule has 1 atom stereocenters. The molecule has 96 valence electrons. The van der Waals surface area contributed by atoms with E-state index in [1.165, 1.54) is 0 Å². The lowest BCUT2D eigenvalue weighted by molar-refractivity contribution is 0.125. The molecule has 0 aromatic heterocycles. The van der Waals surface area contributed by atoms with E-state index in [-0.39, 0.29) is 0 Å². The van der Waals surface area contributed by atoms with Crippen LogP contribution >= 0.6 is 0 Å². The molecule has 2 rings (SSSR count). The Kier molecular flexibility index (Phi) is 3.62. The molecule has 1 saturated heterocycles. The molecule has 2 heterocycles. The Morgan fingerprint density at radius 1 is 1.47 bits per heavy atom. The van der Waals surface area contributed by atoms with Gasteiger partial charge in [0.25, 0.3) is 0 Å². The lowest BCUT2D eigenvalue weighted by Gasteiger charge is -2.29. The van der Waals surface area contributed by atoms with E-state index in [2.05, 4.69) is 36.9 Å². The number of nitrogens with two attached hydrogens (primary N) is 1. The third-order valence-electron chi connectivity index (χ3n) is 3.39. The van der Waals surface area contributed by atoms with Crippen LogP contribution in [0.3, 0.4) is 0 Å². The third kappa shape index (κ3) is 2.94. The standard InChI is InChI=1S/C13H23N3O/c1-10(2)16-7-5-13(12(14)9-16)17-11-4-6-15(3)8-11/h5,7,10-11H,4,6,8-9,14H2,1-3H3/t11-/m1/s1. The topological polar surface area (TPSA) is 41.7 Å². The van der Waals surface area contributed by atoms with Gasteiger partial charge in [-0.25, -0.2) is 0 Å². The van der Waals surface area contributed by atoms with Gasteiger partial charge in [-0.3, -0.25) is 0 Å². The van der Waals surface area contributed by atoms with Gasteiger partial charge in [0.1, 0.15) is 11.9 Å². The van der Waals surface area contributed by atoms with Gasteiger partial charge < -0.3 is 20.3 Å². The Morgan fingerprint density at radius 3 is 2.76 bits per heavy atom. The van der Waals surface area contributed by atoms with Crippen LogP contribution in [0.2, 0.25) is 0 Å². The van der Waals surface area contributed by atoms with Gasteiger partial charge in [0.05, 0.1) is 12.2 Å². The molecule has 0 spiro atoms. The lowest BCUT2D eigenvalue weighted by Crippen LogP contribution is -2.33. The summed E-state index contributed by atoms with van der Waals surface area (Å²) >= 11 is 0. The molecular weight excluding hydrogens is 214 g/mol. The highest BCUT2D eigenvalue weighted by atomic mass is 16.5. The largest absolute Gasteiger partial charge is 0.487 e. The average molecular weight is 237 g/mol. The lowest BCUT2D eigenvalue weighted by atomic mass is 10.2. The van der Waals surface area contributed by atoms with Gasteiger partial charge in [-0.2, -0.15) is 0 Å². The van der Waals surface area contributed by atoms with Crippen molar-refractivity contribution < 1.29 is 4.74 Å². The van der Waals surface area contributed by atoms with E-state index in [1.54, 1.807) is 0 Å². The van der Waals surface area contributed by atoms with Gasteiger partial charge in [0.2, 0.25) is 0 Å². The first kappa shape index (κ1) is 12.3. The van der Waals surface area contributed by atoms with Crippen molar-refractivity contribution in [2.24, 2.45) is 5.73 Å². The number of hydrogen-bond donors (Lipinski definition) is 1. The van der Waals surface area contributed by atoms with Crippen LogP contribution in [-0.4, -0.2) is 48.6 Å². The van der Waals surface area contributed by atoms with Crippen LogP contribution in [0.25, 0.3) is 0 Å². The molecule has 2 aliphatic heterocycles. The Hall–Kier alpha value is -1.16. The van der Waals surface area contributed by atoms with Crippen LogP contribution in [-0.2, 0) is 4.74 Å². The van der Waals surface area contributed by atoms with Crippen molar-refractivity contribution in [3.63, 3.8) is 0 Å². The minimum absolute atomic E-state index is 0.295. The average Bonchev–Trinajstić information content (AvgIpc) is 2.67. The number of likely N-dealkylation sites (N-methyl/N-ethyl adjacent to an activating group) is 1. The molecular formula is C13H23N3O. The van der Waals surface area contributed by atoms with Gasteiger partial charge in [-0.05, 0) is 33.4 Å². The van der Waals surface area contributed by atoms with E-state index in [9.17, 15) is 0 Å². The highest BCUT2D eigenvalue weighted by Crippen LogP contribution is 2.20. The molecule has 0 aromatic carbocycles. The van der Waals surface area contributed by atoms with Crippen LogP contribution in [0.15, 0.2) is 23.7 Å². The van der Waals surface area contributed by atoms with Crippen LogP contribution in [0.1, 0.15) is 20.3 Å². The number of hydrogen-bond acceptors (Lipinski definition) is 4. The van der Waals surface area contributed by atoms with Crippen molar-refractivity contribution in [2.75, 3.05) is 26.7 Å². The quantitative estimate of drug-likeness (QED) is 0.798. The summed E-state index contributed by atoms with van der Waals surface area (Å²) in [6.07, 6.45) is 5.46. The summed E-state index contributed by atoms with van der Waals surface area (Å²) in [7, 11) is 2.12. The van der Waals surface area contributed by atoms with E-state index in [0.717, 1.165) is 37.5 Å². The van der Waals surface area contributed by atoms with Crippen LogP contribution in [0.5, 0.6) is 0 Å². The van der Waals surface area contributed by atoms with Crippen LogP contribution in [0.4, 0.5) is 0 Å². The van der Waals surface area contributed by atoms with Crippen molar-refractivity contribution in [1.29, 1.82) is 0 Å². The molecule has 17 heavy (non-hydrogen) atoms. The summed E-state index contributed by atoms with van der Waals surface area (Å²) in [5.41, 5.74) is 6.91. The first-order valence-corrected chi connectivity index (χ1v) is 6.34. The normalized spacial score (nSPS) is 26.1. The van der Waals surface area contributed by atoms with E-state index >= 15 is 0 Å². The molecule has 4 heteroatoms. The monoisotopic (exact) mass is 237 g/mol.